The Kier molecular flexibility index (Phi) is 3.02. The summed E-state index contributed by atoms with van der Waals surface area (Å²) < 4.78 is 11.9. The van der Waals surface area contributed by atoms with E-state index in [0.717, 1.165) is 37.4 Å². The first-order valence-electron chi connectivity index (χ1n) is 7.57. The number of ether oxygens (including phenoxy) is 2. The zero-order valence-electron chi connectivity index (χ0n) is 12.5. The molecule has 0 aromatic heterocycles. The minimum absolute atomic E-state index is 0.00317. The Balaban J connectivity index is 1.95. The van der Waals surface area contributed by atoms with Crippen molar-refractivity contribution in [2.24, 2.45) is 0 Å². The second-order valence-electron chi connectivity index (χ2n) is 6.43. The van der Waals surface area contributed by atoms with Gasteiger partial charge in [0, 0.05) is 23.8 Å². The first kappa shape index (κ1) is 13.5. The van der Waals surface area contributed by atoms with Crippen molar-refractivity contribution in [3.8, 4) is 11.5 Å². The Hall–Kier alpha value is -1.13. The molecule has 0 saturated heterocycles. The highest BCUT2D eigenvalue weighted by atomic mass is 32.1. The molecule has 3 aliphatic rings. The maximum atomic E-state index is 6.37. The maximum Gasteiger partial charge on any atom is 0.166 e. The monoisotopic (exact) mass is 303 g/mol. The smallest absolute Gasteiger partial charge is 0.166 e. The predicted molar refractivity (Wildman–Crippen MR) is 86.6 cm³/mol. The fraction of sp³-hybridized carbons (Fsp3) is 0.529. The second-order valence-corrected chi connectivity index (χ2v) is 7.09. The van der Waals surface area contributed by atoms with Crippen LogP contribution >= 0.6 is 12.6 Å². The predicted octanol–water partition coefficient (Wildman–Crippen LogP) is 2.79. The molecule has 3 atom stereocenters. The Bertz CT molecular complexity index is 615. The van der Waals surface area contributed by atoms with E-state index < -0.39 is 0 Å². The highest BCUT2D eigenvalue weighted by Gasteiger charge is 2.52. The van der Waals surface area contributed by atoms with Gasteiger partial charge in [0.1, 0.15) is 6.10 Å². The fourth-order valence-electron chi connectivity index (χ4n) is 4.08. The van der Waals surface area contributed by atoms with E-state index >= 15 is 0 Å². The van der Waals surface area contributed by atoms with Gasteiger partial charge in [-0.3, -0.25) is 0 Å². The van der Waals surface area contributed by atoms with Crippen LogP contribution in [-0.4, -0.2) is 37.0 Å². The van der Waals surface area contributed by atoms with Gasteiger partial charge >= 0.3 is 0 Å². The average molecular weight is 303 g/mol. The molecule has 4 heteroatoms. The lowest BCUT2D eigenvalue weighted by Crippen LogP contribution is -2.41. The first-order valence-corrected chi connectivity index (χ1v) is 8.08. The van der Waals surface area contributed by atoms with E-state index in [0.29, 0.717) is 0 Å². The van der Waals surface area contributed by atoms with Crippen LogP contribution in [0.3, 0.4) is 0 Å². The molecule has 0 radical (unpaired) electrons. The van der Waals surface area contributed by atoms with Crippen LogP contribution in [0.1, 0.15) is 24.0 Å². The van der Waals surface area contributed by atoms with Gasteiger partial charge in [0.2, 0.25) is 0 Å². The lowest BCUT2D eigenvalue weighted by molar-refractivity contribution is 0.141. The quantitative estimate of drug-likeness (QED) is 0.637. The molecule has 112 valence electrons. The number of methoxy groups -OCH3 is 1. The maximum absolute atomic E-state index is 6.37. The van der Waals surface area contributed by atoms with Gasteiger partial charge in [-0.1, -0.05) is 18.2 Å². The van der Waals surface area contributed by atoms with Gasteiger partial charge in [-0.05, 0) is 31.6 Å². The minimum Gasteiger partial charge on any atom is -0.493 e. The van der Waals surface area contributed by atoms with Crippen molar-refractivity contribution in [3.63, 3.8) is 0 Å². The number of rotatable bonds is 1. The van der Waals surface area contributed by atoms with Crippen LogP contribution in [0.25, 0.3) is 0 Å². The largest absolute Gasteiger partial charge is 0.493 e. The zero-order valence-corrected chi connectivity index (χ0v) is 13.4. The van der Waals surface area contributed by atoms with Gasteiger partial charge in [0.15, 0.2) is 11.5 Å². The minimum atomic E-state index is 0.00317. The zero-order chi connectivity index (χ0) is 14.6. The average Bonchev–Trinajstić information content (AvgIpc) is 2.72. The van der Waals surface area contributed by atoms with Crippen molar-refractivity contribution >= 4 is 12.6 Å². The molecule has 1 aliphatic carbocycles. The van der Waals surface area contributed by atoms with E-state index in [9.17, 15) is 0 Å². The molecule has 4 rings (SSSR count). The van der Waals surface area contributed by atoms with Gasteiger partial charge < -0.3 is 14.4 Å². The van der Waals surface area contributed by atoms with Crippen LogP contribution in [0.5, 0.6) is 11.5 Å². The molecule has 0 amide bonds. The number of hydrogen-bond acceptors (Lipinski definition) is 4. The Labute approximate surface area is 131 Å². The summed E-state index contributed by atoms with van der Waals surface area (Å²) >= 11 is 4.63. The lowest BCUT2D eigenvalue weighted by atomic mass is 9.69. The standard InChI is InChI=1S/C17H21NO2S/c1-18-8-7-17-6-5-12(21)9-14(17)20-16-13(19-2)4-3-11(10-18)15(16)17/h3-6,12,14,21H,7-10H2,1-2H3/t12?,14?,17-/m0/s1. The summed E-state index contributed by atoms with van der Waals surface area (Å²) in [5, 5.41) is 0.283. The van der Waals surface area contributed by atoms with E-state index in [1.807, 2.05) is 6.07 Å². The Morgan fingerprint density at radius 3 is 3.10 bits per heavy atom. The normalized spacial score (nSPS) is 33.9. The van der Waals surface area contributed by atoms with Crippen LogP contribution in [0.4, 0.5) is 0 Å². The van der Waals surface area contributed by atoms with E-state index in [4.69, 9.17) is 9.47 Å². The number of benzene rings is 1. The van der Waals surface area contributed by atoms with Crippen LogP contribution in [0.15, 0.2) is 24.3 Å². The van der Waals surface area contributed by atoms with Gasteiger partial charge in [0.05, 0.1) is 12.5 Å². The number of nitrogens with zero attached hydrogens (tertiary/aromatic N) is 1. The summed E-state index contributed by atoms with van der Waals surface area (Å²) in [6.07, 6.45) is 6.83. The molecule has 2 aliphatic heterocycles. The third-order valence-electron chi connectivity index (χ3n) is 5.15. The summed E-state index contributed by atoms with van der Waals surface area (Å²) in [7, 11) is 3.91. The molecule has 1 aromatic carbocycles. The highest BCUT2D eigenvalue weighted by Crippen LogP contribution is 2.55. The summed E-state index contributed by atoms with van der Waals surface area (Å²) in [6, 6.07) is 4.24. The number of thiol groups is 1. The molecule has 0 bridgehead atoms. The molecule has 1 spiro atoms. The molecule has 0 saturated carbocycles. The third kappa shape index (κ3) is 1.85. The van der Waals surface area contributed by atoms with E-state index in [-0.39, 0.29) is 16.8 Å². The summed E-state index contributed by atoms with van der Waals surface area (Å²) in [5.74, 6) is 1.82. The molecule has 2 heterocycles. The molecule has 21 heavy (non-hydrogen) atoms. The van der Waals surface area contributed by atoms with E-state index in [1.54, 1.807) is 7.11 Å². The molecule has 2 unspecified atom stereocenters. The summed E-state index contributed by atoms with van der Waals surface area (Å²) in [5.41, 5.74) is 2.73. The van der Waals surface area contributed by atoms with Crippen molar-refractivity contribution in [1.29, 1.82) is 0 Å². The highest BCUT2D eigenvalue weighted by molar-refractivity contribution is 7.81. The molecule has 3 nitrogen and oxygen atoms in total. The van der Waals surface area contributed by atoms with Crippen molar-refractivity contribution in [3.05, 3.63) is 35.4 Å². The van der Waals surface area contributed by atoms with Crippen LogP contribution in [0.2, 0.25) is 0 Å². The van der Waals surface area contributed by atoms with Crippen molar-refractivity contribution in [2.45, 2.75) is 36.2 Å². The molecule has 1 aromatic rings. The van der Waals surface area contributed by atoms with Crippen molar-refractivity contribution < 1.29 is 9.47 Å². The van der Waals surface area contributed by atoms with Crippen LogP contribution in [-0.2, 0) is 12.0 Å². The Morgan fingerprint density at radius 2 is 2.29 bits per heavy atom. The van der Waals surface area contributed by atoms with Gasteiger partial charge in [0.25, 0.3) is 0 Å². The van der Waals surface area contributed by atoms with Gasteiger partial charge in [-0.25, -0.2) is 0 Å². The first-order chi connectivity index (χ1) is 10.1. The molecular weight excluding hydrogens is 282 g/mol. The molecule has 0 fully saturated rings. The SMILES string of the molecule is COc1ccc2c3c1OC1CC(S)C=C[C@@]31CCN(C)C2. The van der Waals surface area contributed by atoms with E-state index in [1.165, 1.54) is 11.1 Å². The summed E-state index contributed by atoms with van der Waals surface area (Å²) in [6.45, 7) is 2.06. The van der Waals surface area contributed by atoms with E-state index in [2.05, 4.69) is 42.8 Å². The summed E-state index contributed by atoms with van der Waals surface area (Å²) in [4.78, 5) is 2.40. The van der Waals surface area contributed by atoms with Crippen molar-refractivity contribution in [2.75, 3.05) is 20.7 Å². The van der Waals surface area contributed by atoms with Gasteiger partial charge in [-0.2, -0.15) is 12.6 Å². The molecular formula is C17H21NO2S. The topological polar surface area (TPSA) is 21.7 Å². The number of hydrogen-bond donors (Lipinski definition) is 1. The molecule has 0 N–H and O–H groups in total. The van der Waals surface area contributed by atoms with Crippen LogP contribution in [0, 0.1) is 0 Å². The van der Waals surface area contributed by atoms with Gasteiger partial charge in [-0.15, -0.1) is 0 Å². The second kappa shape index (κ2) is 4.68. The third-order valence-corrected chi connectivity index (χ3v) is 5.53. The van der Waals surface area contributed by atoms with Crippen LogP contribution < -0.4 is 9.47 Å². The lowest BCUT2D eigenvalue weighted by Gasteiger charge is -2.36. The fourth-order valence-corrected chi connectivity index (χ4v) is 4.35. The van der Waals surface area contributed by atoms with Crippen molar-refractivity contribution in [1.82, 2.24) is 4.90 Å². The Morgan fingerprint density at radius 1 is 1.43 bits per heavy atom.